The normalized spacial score (nSPS) is 18.4. The molecule has 3 atom stereocenters. The highest BCUT2D eigenvalue weighted by atomic mass is 16.5. The smallest absolute Gasteiger partial charge is 0.259 e. The Morgan fingerprint density at radius 2 is 2.06 bits per heavy atom. The van der Waals surface area contributed by atoms with E-state index in [1.807, 2.05) is 50.5 Å². The van der Waals surface area contributed by atoms with Crippen molar-refractivity contribution < 1.29 is 14.6 Å². The predicted molar refractivity (Wildman–Crippen MR) is 136 cm³/mol. The first kappa shape index (κ1) is 25.3. The molecule has 36 heavy (non-hydrogen) atoms. The number of nitrogens with zero attached hydrogens (tertiary/aromatic N) is 5. The summed E-state index contributed by atoms with van der Waals surface area (Å²) in [7, 11) is 2.03. The van der Waals surface area contributed by atoms with Gasteiger partial charge in [0.2, 0.25) is 5.88 Å². The van der Waals surface area contributed by atoms with Crippen LogP contribution in [-0.4, -0.2) is 74.7 Å². The molecular weight excluding hydrogens is 454 g/mol. The fraction of sp³-hybridized carbons (Fsp3) is 0.357. The number of carbonyl (C=O) groups excluding carboxylic acids is 1. The molecular formula is C28H31N5O3. The van der Waals surface area contributed by atoms with Gasteiger partial charge in [-0.05, 0) is 49.7 Å². The fourth-order valence-electron chi connectivity index (χ4n) is 4.14. The highest BCUT2D eigenvalue weighted by Crippen LogP contribution is 2.27. The molecule has 0 radical (unpaired) electrons. The van der Waals surface area contributed by atoms with E-state index in [0.717, 1.165) is 12.1 Å². The van der Waals surface area contributed by atoms with Gasteiger partial charge in [-0.1, -0.05) is 25.0 Å². The van der Waals surface area contributed by atoms with Crippen molar-refractivity contribution in [1.82, 2.24) is 24.8 Å². The number of hydrogen-bond donors (Lipinski definition) is 1. The number of aliphatic hydroxyl groups excluding tert-OH is 1. The molecule has 0 unspecified atom stereocenters. The van der Waals surface area contributed by atoms with Crippen molar-refractivity contribution in [2.75, 3.05) is 26.7 Å². The molecule has 1 aliphatic heterocycles. The lowest BCUT2D eigenvalue weighted by Crippen LogP contribution is -2.49. The van der Waals surface area contributed by atoms with Gasteiger partial charge in [0.15, 0.2) is 0 Å². The molecule has 0 saturated heterocycles. The van der Waals surface area contributed by atoms with E-state index in [4.69, 9.17) is 4.74 Å². The van der Waals surface area contributed by atoms with Crippen molar-refractivity contribution in [3.63, 3.8) is 0 Å². The van der Waals surface area contributed by atoms with Gasteiger partial charge in [-0.15, -0.1) is 0 Å². The van der Waals surface area contributed by atoms with Crippen molar-refractivity contribution in [2.45, 2.75) is 32.5 Å². The summed E-state index contributed by atoms with van der Waals surface area (Å²) < 4.78 is 6.37. The molecule has 1 amide bonds. The third-order valence-electron chi connectivity index (χ3n) is 6.19. The molecule has 0 aromatic carbocycles. The van der Waals surface area contributed by atoms with E-state index in [0.29, 0.717) is 29.9 Å². The van der Waals surface area contributed by atoms with Crippen molar-refractivity contribution >= 4 is 5.91 Å². The predicted octanol–water partition coefficient (Wildman–Crippen LogP) is 2.62. The summed E-state index contributed by atoms with van der Waals surface area (Å²) in [6.07, 6.45) is 6.69. The highest BCUT2D eigenvalue weighted by molar-refractivity contribution is 5.97. The number of carbonyl (C=O) groups is 1. The minimum atomic E-state index is -0.345. The second-order valence-electron chi connectivity index (χ2n) is 9.22. The third kappa shape index (κ3) is 6.25. The average molecular weight is 486 g/mol. The van der Waals surface area contributed by atoms with Crippen LogP contribution in [0.3, 0.4) is 0 Å². The van der Waals surface area contributed by atoms with Crippen LogP contribution in [0.4, 0.5) is 0 Å². The number of aliphatic hydroxyl groups is 1. The zero-order valence-electron chi connectivity index (χ0n) is 20.8. The Kier molecular flexibility index (Phi) is 8.26. The van der Waals surface area contributed by atoms with Gasteiger partial charge in [0.25, 0.3) is 5.91 Å². The maximum Gasteiger partial charge on any atom is 0.259 e. The number of pyridine rings is 3. The lowest BCUT2D eigenvalue weighted by Gasteiger charge is -2.37. The van der Waals surface area contributed by atoms with Gasteiger partial charge < -0.3 is 14.7 Å². The fourth-order valence-corrected chi connectivity index (χ4v) is 4.14. The first-order chi connectivity index (χ1) is 17.4. The van der Waals surface area contributed by atoms with Crippen LogP contribution in [-0.2, 0) is 6.54 Å². The van der Waals surface area contributed by atoms with Crippen LogP contribution in [0.1, 0.15) is 41.0 Å². The molecule has 8 heteroatoms. The van der Waals surface area contributed by atoms with Gasteiger partial charge in [0.1, 0.15) is 17.4 Å². The van der Waals surface area contributed by atoms with E-state index < -0.39 is 0 Å². The van der Waals surface area contributed by atoms with Crippen LogP contribution in [0, 0.1) is 17.8 Å². The summed E-state index contributed by atoms with van der Waals surface area (Å²) in [5.74, 6) is 6.11. The lowest BCUT2D eigenvalue weighted by molar-refractivity contribution is 0.0325. The first-order valence-electron chi connectivity index (χ1n) is 12.0. The zero-order chi connectivity index (χ0) is 25.5. The second-order valence-corrected chi connectivity index (χ2v) is 9.22. The van der Waals surface area contributed by atoms with Gasteiger partial charge >= 0.3 is 0 Å². The van der Waals surface area contributed by atoms with E-state index in [2.05, 4.69) is 38.6 Å². The zero-order valence-corrected chi connectivity index (χ0v) is 20.8. The van der Waals surface area contributed by atoms with Crippen LogP contribution in [0.2, 0.25) is 0 Å². The van der Waals surface area contributed by atoms with E-state index in [9.17, 15) is 9.90 Å². The van der Waals surface area contributed by atoms with Crippen LogP contribution < -0.4 is 4.74 Å². The van der Waals surface area contributed by atoms with Crippen LogP contribution >= 0.6 is 0 Å². The maximum absolute atomic E-state index is 13.5. The van der Waals surface area contributed by atoms with Crippen molar-refractivity contribution in [3.8, 4) is 17.7 Å². The number of amides is 1. The van der Waals surface area contributed by atoms with E-state index in [1.54, 1.807) is 29.6 Å². The lowest BCUT2D eigenvalue weighted by atomic mass is 9.99. The van der Waals surface area contributed by atoms with Gasteiger partial charge in [-0.25, -0.2) is 9.97 Å². The molecule has 186 valence electrons. The van der Waals surface area contributed by atoms with Crippen molar-refractivity contribution in [3.05, 3.63) is 83.6 Å². The Balaban J connectivity index is 1.63. The Morgan fingerprint density at radius 3 is 2.78 bits per heavy atom. The molecule has 1 N–H and O–H groups in total. The number of hydrogen-bond acceptors (Lipinski definition) is 7. The Hall–Kier alpha value is -3.80. The molecule has 0 fully saturated rings. The van der Waals surface area contributed by atoms with Crippen LogP contribution in [0.5, 0.6) is 5.88 Å². The monoisotopic (exact) mass is 485 g/mol. The summed E-state index contributed by atoms with van der Waals surface area (Å²) in [6.45, 7) is 5.58. The summed E-state index contributed by atoms with van der Waals surface area (Å²) in [5, 5.41) is 9.86. The minimum absolute atomic E-state index is 0.0119. The quantitative estimate of drug-likeness (QED) is 0.537. The molecule has 4 heterocycles. The third-order valence-corrected chi connectivity index (χ3v) is 6.19. The molecule has 8 nitrogen and oxygen atoms in total. The molecule has 4 rings (SSSR count). The van der Waals surface area contributed by atoms with Gasteiger partial charge in [-0.2, -0.15) is 0 Å². The Morgan fingerprint density at radius 1 is 1.19 bits per heavy atom. The van der Waals surface area contributed by atoms with Gasteiger partial charge in [0, 0.05) is 55.9 Å². The van der Waals surface area contributed by atoms with Gasteiger partial charge in [0.05, 0.1) is 12.6 Å². The van der Waals surface area contributed by atoms with E-state index >= 15 is 0 Å². The highest BCUT2D eigenvalue weighted by Gasteiger charge is 2.34. The summed E-state index contributed by atoms with van der Waals surface area (Å²) >= 11 is 0. The van der Waals surface area contributed by atoms with Crippen LogP contribution in [0.15, 0.2) is 61.2 Å². The summed E-state index contributed by atoms with van der Waals surface area (Å²) in [4.78, 5) is 30.3. The average Bonchev–Trinajstić information content (AvgIpc) is 2.90. The standard InChI is InChI=1S/C28H31N5O3/c1-20-16-33(21(2)19-34)28(35)25-13-22(9-10-24-8-4-5-12-30-24)15-31-27(25)36-26(20)18-32(3)17-23-7-6-11-29-14-23/h4-8,11-15,20-21,26,34H,16-19H2,1-3H3/t20-,21-,26+/m0/s1. The first-order valence-corrected chi connectivity index (χ1v) is 12.0. The molecule has 0 aliphatic carbocycles. The maximum atomic E-state index is 13.5. The number of aromatic nitrogens is 3. The van der Waals surface area contributed by atoms with Gasteiger partial charge in [-0.3, -0.25) is 14.7 Å². The van der Waals surface area contributed by atoms with Crippen molar-refractivity contribution in [2.24, 2.45) is 5.92 Å². The molecule has 3 aromatic heterocycles. The number of ether oxygens (including phenoxy) is 1. The summed E-state index contributed by atoms with van der Waals surface area (Å²) in [5.41, 5.74) is 2.67. The molecule has 0 saturated carbocycles. The number of fused-ring (bicyclic) bond motifs is 1. The van der Waals surface area contributed by atoms with E-state index in [-0.39, 0.29) is 36.5 Å². The SMILES string of the molecule is C[C@H]1CN([C@@H](C)CO)C(=O)c2cc(C#Cc3ccccn3)cnc2O[C@@H]1CN(C)Cc1cccnc1. The largest absolute Gasteiger partial charge is 0.472 e. The Bertz CT molecular complexity index is 1230. The minimum Gasteiger partial charge on any atom is -0.472 e. The van der Waals surface area contributed by atoms with Crippen LogP contribution in [0.25, 0.3) is 0 Å². The molecule has 3 aromatic rings. The molecule has 1 aliphatic rings. The number of rotatable bonds is 6. The molecule has 0 bridgehead atoms. The second kappa shape index (κ2) is 11.8. The van der Waals surface area contributed by atoms with Crippen molar-refractivity contribution in [1.29, 1.82) is 0 Å². The summed E-state index contributed by atoms with van der Waals surface area (Å²) in [6, 6.07) is 10.9. The molecule has 0 spiro atoms. The Labute approximate surface area is 212 Å². The number of likely N-dealkylation sites (N-methyl/N-ethyl adjacent to an activating group) is 1. The van der Waals surface area contributed by atoms with E-state index in [1.165, 1.54) is 0 Å². The topological polar surface area (TPSA) is 91.7 Å².